The van der Waals surface area contributed by atoms with E-state index in [0.29, 0.717) is 6.04 Å². The van der Waals surface area contributed by atoms with Crippen molar-refractivity contribution in [2.45, 2.75) is 25.4 Å². The minimum Gasteiger partial charge on any atom is -0.380 e. The highest BCUT2D eigenvalue weighted by atomic mass is 16.5. The van der Waals surface area contributed by atoms with Crippen molar-refractivity contribution in [3.8, 4) is 0 Å². The lowest BCUT2D eigenvalue weighted by molar-refractivity contribution is 0.0703. The second kappa shape index (κ2) is 5.12. The summed E-state index contributed by atoms with van der Waals surface area (Å²) < 4.78 is 7.47. The third-order valence-corrected chi connectivity index (χ3v) is 2.52. The molecular formula is C10H17N3O. The maximum atomic E-state index is 5.39. The second-order valence-electron chi connectivity index (χ2n) is 3.67. The van der Waals surface area contributed by atoms with Gasteiger partial charge in [0.25, 0.3) is 0 Å². The zero-order valence-corrected chi connectivity index (χ0v) is 8.35. The Bertz CT molecular complexity index is 242. The van der Waals surface area contributed by atoms with Crippen LogP contribution in [0, 0.1) is 0 Å². The normalized spacial score (nSPS) is 22.4. The molecule has 78 valence electrons. The molecule has 4 heteroatoms. The van der Waals surface area contributed by atoms with Crippen LogP contribution in [-0.4, -0.2) is 35.4 Å². The molecule has 0 saturated carbocycles. The van der Waals surface area contributed by atoms with Crippen molar-refractivity contribution >= 4 is 0 Å². The number of rotatable bonds is 4. The van der Waals surface area contributed by atoms with Crippen LogP contribution >= 0.6 is 0 Å². The maximum Gasteiger partial charge on any atom is 0.0946 e. The Morgan fingerprint density at radius 2 is 2.57 bits per heavy atom. The predicted molar refractivity (Wildman–Crippen MR) is 54.1 cm³/mol. The van der Waals surface area contributed by atoms with Crippen molar-refractivity contribution in [2.24, 2.45) is 0 Å². The molecule has 2 rings (SSSR count). The Balaban J connectivity index is 1.62. The van der Waals surface area contributed by atoms with E-state index in [1.165, 1.54) is 12.8 Å². The smallest absolute Gasteiger partial charge is 0.0946 e. The summed E-state index contributed by atoms with van der Waals surface area (Å²) in [7, 11) is 0. The van der Waals surface area contributed by atoms with E-state index < -0.39 is 0 Å². The number of nitrogens with zero attached hydrogens (tertiary/aromatic N) is 2. The first-order valence-electron chi connectivity index (χ1n) is 5.22. The molecule has 14 heavy (non-hydrogen) atoms. The predicted octanol–water partition coefficient (Wildman–Crippen LogP) is 0.652. The summed E-state index contributed by atoms with van der Waals surface area (Å²) >= 11 is 0. The van der Waals surface area contributed by atoms with Gasteiger partial charge in [-0.3, -0.25) is 0 Å². The zero-order valence-electron chi connectivity index (χ0n) is 8.35. The Kier molecular flexibility index (Phi) is 3.54. The van der Waals surface area contributed by atoms with Gasteiger partial charge < -0.3 is 14.6 Å². The van der Waals surface area contributed by atoms with E-state index in [1.807, 2.05) is 18.7 Å². The minimum atomic E-state index is 0.548. The Morgan fingerprint density at radius 3 is 3.29 bits per heavy atom. The van der Waals surface area contributed by atoms with Crippen LogP contribution in [0.2, 0.25) is 0 Å². The summed E-state index contributed by atoms with van der Waals surface area (Å²) in [4.78, 5) is 4.00. The molecule has 2 heterocycles. The first-order valence-corrected chi connectivity index (χ1v) is 5.22. The minimum absolute atomic E-state index is 0.548. The second-order valence-corrected chi connectivity index (χ2v) is 3.67. The molecule has 0 bridgehead atoms. The molecule has 1 aliphatic rings. The summed E-state index contributed by atoms with van der Waals surface area (Å²) in [5.74, 6) is 0. The highest BCUT2D eigenvalue weighted by Crippen LogP contribution is 2.05. The van der Waals surface area contributed by atoms with E-state index in [4.69, 9.17) is 4.74 Å². The Morgan fingerprint density at radius 1 is 1.57 bits per heavy atom. The fraction of sp³-hybridized carbons (Fsp3) is 0.700. The molecule has 1 aromatic rings. The van der Waals surface area contributed by atoms with Crippen molar-refractivity contribution in [3.05, 3.63) is 18.7 Å². The van der Waals surface area contributed by atoms with Crippen molar-refractivity contribution in [1.29, 1.82) is 0 Å². The van der Waals surface area contributed by atoms with Crippen LogP contribution in [0.15, 0.2) is 18.7 Å². The molecule has 0 aliphatic carbocycles. The van der Waals surface area contributed by atoms with Gasteiger partial charge in [0.15, 0.2) is 0 Å². The molecule has 1 N–H and O–H groups in total. The van der Waals surface area contributed by atoms with E-state index in [-0.39, 0.29) is 0 Å². The van der Waals surface area contributed by atoms with Crippen molar-refractivity contribution in [3.63, 3.8) is 0 Å². The molecule has 0 amide bonds. The van der Waals surface area contributed by atoms with Crippen LogP contribution in [0.3, 0.4) is 0 Å². The summed E-state index contributed by atoms with van der Waals surface area (Å²) in [5.41, 5.74) is 0. The van der Waals surface area contributed by atoms with Gasteiger partial charge in [0, 0.05) is 38.1 Å². The van der Waals surface area contributed by atoms with Gasteiger partial charge in [0.1, 0.15) is 0 Å². The SMILES string of the molecule is c1cn(CCNC2CCCOC2)cn1. The largest absolute Gasteiger partial charge is 0.380 e. The van der Waals surface area contributed by atoms with Gasteiger partial charge in [0.05, 0.1) is 12.9 Å². The average molecular weight is 195 g/mol. The van der Waals surface area contributed by atoms with Crippen LogP contribution in [0.4, 0.5) is 0 Å². The Labute approximate surface area is 84.3 Å². The number of ether oxygens (including phenoxy) is 1. The van der Waals surface area contributed by atoms with Crippen molar-refractivity contribution in [1.82, 2.24) is 14.9 Å². The molecule has 0 spiro atoms. The Hall–Kier alpha value is -0.870. The quantitative estimate of drug-likeness (QED) is 0.766. The summed E-state index contributed by atoms with van der Waals surface area (Å²) in [6.45, 7) is 3.77. The summed E-state index contributed by atoms with van der Waals surface area (Å²) in [6, 6.07) is 0.548. The zero-order chi connectivity index (χ0) is 9.64. The molecule has 0 radical (unpaired) electrons. The van der Waals surface area contributed by atoms with Crippen LogP contribution in [-0.2, 0) is 11.3 Å². The number of hydrogen-bond donors (Lipinski definition) is 1. The molecule has 1 saturated heterocycles. The lowest BCUT2D eigenvalue weighted by Gasteiger charge is -2.23. The number of hydrogen-bond acceptors (Lipinski definition) is 3. The lowest BCUT2D eigenvalue weighted by Crippen LogP contribution is -2.38. The van der Waals surface area contributed by atoms with E-state index >= 15 is 0 Å². The highest BCUT2D eigenvalue weighted by Gasteiger charge is 2.11. The van der Waals surface area contributed by atoms with Gasteiger partial charge >= 0.3 is 0 Å². The van der Waals surface area contributed by atoms with Gasteiger partial charge in [-0.25, -0.2) is 4.98 Å². The van der Waals surface area contributed by atoms with E-state index in [2.05, 4.69) is 14.9 Å². The van der Waals surface area contributed by atoms with Gasteiger partial charge in [-0.15, -0.1) is 0 Å². The molecule has 1 aliphatic heterocycles. The summed E-state index contributed by atoms with van der Waals surface area (Å²) in [6.07, 6.45) is 8.06. The molecule has 1 atom stereocenters. The number of nitrogens with one attached hydrogen (secondary N) is 1. The maximum absolute atomic E-state index is 5.39. The molecular weight excluding hydrogens is 178 g/mol. The molecule has 0 aromatic carbocycles. The van der Waals surface area contributed by atoms with E-state index in [1.54, 1.807) is 0 Å². The van der Waals surface area contributed by atoms with E-state index in [0.717, 1.165) is 26.3 Å². The first-order chi connectivity index (χ1) is 6.95. The fourth-order valence-corrected chi connectivity index (χ4v) is 1.72. The third kappa shape index (κ3) is 2.82. The topological polar surface area (TPSA) is 39.1 Å². The van der Waals surface area contributed by atoms with Crippen LogP contribution in [0.1, 0.15) is 12.8 Å². The molecule has 4 nitrogen and oxygen atoms in total. The van der Waals surface area contributed by atoms with Gasteiger partial charge in [-0.2, -0.15) is 0 Å². The van der Waals surface area contributed by atoms with Crippen LogP contribution in [0.5, 0.6) is 0 Å². The highest BCUT2D eigenvalue weighted by molar-refractivity contribution is 4.75. The number of imidazole rings is 1. The van der Waals surface area contributed by atoms with E-state index in [9.17, 15) is 0 Å². The molecule has 1 unspecified atom stereocenters. The average Bonchev–Trinajstić information content (AvgIpc) is 2.72. The summed E-state index contributed by atoms with van der Waals surface area (Å²) in [5, 5.41) is 3.49. The third-order valence-electron chi connectivity index (χ3n) is 2.52. The van der Waals surface area contributed by atoms with Crippen LogP contribution < -0.4 is 5.32 Å². The monoisotopic (exact) mass is 195 g/mol. The lowest BCUT2D eigenvalue weighted by atomic mass is 10.1. The van der Waals surface area contributed by atoms with Crippen molar-refractivity contribution < 1.29 is 4.74 Å². The van der Waals surface area contributed by atoms with Crippen molar-refractivity contribution in [2.75, 3.05) is 19.8 Å². The standard InChI is InChI=1S/C10H17N3O/c1-2-10(8-14-7-1)12-4-6-13-5-3-11-9-13/h3,5,9-10,12H,1-2,4,6-8H2. The molecule has 1 fully saturated rings. The first kappa shape index (κ1) is 9.68. The van der Waals surface area contributed by atoms with Gasteiger partial charge in [-0.05, 0) is 12.8 Å². The van der Waals surface area contributed by atoms with Crippen LogP contribution in [0.25, 0.3) is 0 Å². The van der Waals surface area contributed by atoms with Gasteiger partial charge in [0.2, 0.25) is 0 Å². The number of aromatic nitrogens is 2. The van der Waals surface area contributed by atoms with Gasteiger partial charge in [-0.1, -0.05) is 0 Å². The molecule has 1 aromatic heterocycles. The fourth-order valence-electron chi connectivity index (χ4n) is 1.72.